The maximum atomic E-state index is 5.27. The molecule has 0 aromatic carbocycles. The topological polar surface area (TPSA) is 58.8 Å². The van der Waals surface area contributed by atoms with Gasteiger partial charge in [-0.3, -0.25) is 4.99 Å². The summed E-state index contributed by atoms with van der Waals surface area (Å²) in [6.45, 7) is 6.24. The minimum Gasteiger partial charge on any atom is -0.469 e. The molecule has 18 heavy (non-hydrogen) atoms. The van der Waals surface area contributed by atoms with Gasteiger partial charge < -0.3 is 19.8 Å². The van der Waals surface area contributed by atoms with Crippen LogP contribution >= 0.6 is 0 Å². The summed E-state index contributed by atoms with van der Waals surface area (Å²) in [7, 11) is 1.68. The van der Waals surface area contributed by atoms with Crippen molar-refractivity contribution in [3.63, 3.8) is 0 Å². The Morgan fingerprint density at radius 2 is 2.33 bits per heavy atom. The molecular weight excluding hydrogens is 230 g/mol. The zero-order valence-corrected chi connectivity index (χ0v) is 11.4. The van der Waals surface area contributed by atoms with Gasteiger partial charge in [-0.1, -0.05) is 0 Å². The van der Waals surface area contributed by atoms with Crippen molar-refractivity contribution < 1.29 is 9.15 Å². The van der Waals surface area contributed by atoms with Crippen molar-refractivity contribution in [2.75, 3.05) is 26.8 Å². The smallest absolute Gasteiger partial charge is 0.191 e. The number of nitrogens with one attached hydrogen (secondary N) is 2. The Hall–Kier alpha value is -1.49. The molecule has 0 atom stereocenters. The first-order valence-electron chi connectivity index (χ1n) is 6.28. The highest BCUT2D eigenvalue weighted by Crippen LogP contribution is 1.99. The van der Waals surface area contributed by atoms with Crippen LogP contribution in [0.1, 0.15) is 19.6 Å². The van der Waals surface area contributed by atoms with Crippen molar-refractivity contribution in [3.8, 4) is 0 Å². The van der Waals surface area contributed by atoms with Crippen LogP contribution in [0.5, 0.6) is 0 Å². The van der Waals surface area contributed by atoms with Crippen molar-refractivity contribution in [1.82, 2.24) is 10.6 Å². The third kappa shape index (κ3) is 6.30. The number of methoxy groups -OCH3 is 1. The van der Waals surface area contributed by atoms with Crippen LogP contribution in [0.25, 0.3) is 0 Å². The first-order chi connectivity index (χ1) is 8.72. The third-order valence-electron chi connectivity index (χ3n) is 2.23. The third-order valence-corrected chi connectivity index (χ3v) is 2.23. The summed E-state index contributed by atoms with van der Waals surface area (Å²) in [5, 5.41) is 6.54. The molecule has 0 aliphatic carbocycles. The molecule has 0 amide bonds. The van der Waals surface area contributed by atoms with E-state index in [1.165, 1.54) is 0 Å². The quantitative estimate of drug-likeness (QED) is 0.438. The van der Waals surface area contributed by atoms with Gasteiger partial charge in [0.2, 0.25) is 0 Å². The van der Waals surface area contributed by atoms with Crippen LogP contribution in [0.15, 0.2) is 27.8 Å². The highest BCUT2D eigenvalue weighted by Gasteiger charge is 2.01. The summed E-state index contributed by atoms with van der Waals surface area (Å²) >= 11 is 0. The number of aliphatic imine (C=N–C) groups is 1. The minimum atomic E-state index is 0.349. The molecule has 1 heterocycles. The van der Waals surface area contributed by atoms with Gasteiger partial charge in [-0.25, -0.2) is 0 Å². The number of ether oxygens (including phenoxy) is 1. The van der Waals surface area contributed by atoms with Crippen molar-refractivity contribution in [3.05, 3.63) is 24.2 Å². The van der Waals surface area contributed by atoms with E-state index in [0.717, 1.165) is 24.7 Å². The molecule has 1 rings (SSSR count). The minimum absolute atomic E-state index is 0.349. The van der Waals surface area contributed by atoms with Crippen molar-refractivity contribution >= 4 is 5.96 Å². The molecule has 0 saturated carbocycles. The Kier molecular flexibility index (Phi) is 6.94. The van der Waals surface area contributed by atoms with Crippen molar-refractivity contribution in [2.24, 2.45) is 4.99 Å². The number of guanidine groups is 1. The van der Waals surface area contributed by atoms with E-state index in [2.05, 4.69) is 29.5 Å². The predicted octanol–water partition coefficient (Wildman–Crippen LogP) is 1.41. The van der Waals surface area contributed by atoms with Crippen LogP contribution in [0.2, 0.25) is 0 Å². The maximum absolute atomic E-state index is 5.27. The zero-order valence-electron chi connectivity index (χ0n) is 11.4. The van der Waals surface area contributed by atoms with Crippen molar-refractivity contribution in [2.45, 2.75) is 26.3 Å². The normalized spacial score (nSPS) is 11.9. The Balaban J connectivity index is 2.33. The molecule has 0 saturated heterocycles. The van der Waals surface area contributed by atoms with Gasteiger partial charge in [0, 0.05) is 26.1 Å². The fourth-order valence-electron chi connectivity index (χ4n) is 1.43. The van der Waals surface area contributed by atoms with Gasteiger partial charge in [0.15, 0.2) is 5.96 Å². The lowest BCUT2D eigenvalue weighted by atomic mass is 10.3. The molecule has 1 aromatic rings. The number of hydrogen-bond donors (Lipinski definition) is 2. The van der Waals surface area contributed by atoms with E-state index in [0.29, 0.717) is 19.2 Å². The molecule has 0 aliphatic heterocycles. The second-order valence-electron chi connectivity index (χ2n) is 4.28. The Morgan fingerprint density at radius 3 is 2.94 bits per heavy atom. The van der Waals surface area contributed by atoms with E-state index >= 15 is 0 Å². The van der Waals surface area contributed by atoms with E-state index in [-0.39, 0.29) is 0 Å². The van der Waals surface area contributed by atoms with Crippen molar-refractivity contribution in [1.29, 1.82) is 0 Å². The fourth-order valence-corrected chi connectivity index (χ4v) is 1.43. The van der Waals surface area contributed by atoms with Gasteiger partial charge in [0.05, 0.1) is 19.4 Å². The van der Waals surface area contributed by atoms with Gasteiger partial charge in [-0.05, 0) is 26.0 Å². The summed E-state index contributed by atoms with van der Waals surface area (Å²) in [5.41, 5.74) is 0. The second kappa shape index (κ2) is 8.58. The van der Waals surface area contributed by atoms with Crippen LogP contribution in [0.4, 0.5) is 0 Å². The molecule has 5 heteroatoms. The highest BCUT2D eigenvalue weighted by atomic mass is 16.5. The zero-order chi connectivity index (χ0) is 13.2. The summed E-state index contributed by atoms with van der Waals surface area (Å²) in [6.07, 6.45) is 2.53. The number of rotatable bonds is 7. The lowest BCUT2D eigenvalue weighted by Gasteiger charge is -2.14. The Bertz CT molecular complexity index is 334. The molecule has 5 nitrogen and oxygen atoms in total. The summed E-state index contributed by atoms with van der Waals surface area (Å²) in [6, 6.07) is 4.22. The molecule has 0 aliphatic rings. The lowest BCUT2D eigenvalue weighted by molar-refractivity contribution is 0.208. The largest absolute Gasteiger partial charge is 0.469 e. The van der Waals surface area contributed by atoms with Crippen LogP contribution in [-0.4, -0.2) is 38.8 Å². The van der Waals surface area contributed by atoms with Gasteiger partial charge in [0.1, 0.15) is 5.76 Å². The fraction of sp³-hybridized carbons (Fsp3) is 0.615. The Labute approximate surface area is 109 Å². The molecule has 0 unspecified atom stereocenters. The SMILES string of the molecule is COCCN=C(NCCc1ccco1)NC(C)C. The highest BCUT2D eigenvalue weighted by molar-refractivity contribution is 5.80. The van der Waals surface area contributed by atoms with Gasteiger partial charge >= 0.3 is 0 Å². The van der Waals surface area contributed by atoms with Crippen LogP contribution in [0, 0.1) is 0 Å². The average molecular weight is 253 g/mol. The molecule has 0 spiro atoms. The first kappa shape index (κ1) is 14.6. The monoisotopic (exact) mass is 253 g/mol. The van der Waals surface area contributed by atoms with Crippen LogP contribution < -0.4 is 10.6 Å². The molecule has 2 N–H and O–H groups in total. The first-order valence-corrected chi connectivity index (χ1v) is 6.28. The summed E-state index contributed by atoms with van der Waals surface area (Å²) < 4.78 is 10.3. The van der Waals surface area contributed by atoms with Crippen LogP contribution in [-0.2, 0) is 11.2 Å². The maximum Gasteiger partial charge on any atom is 0.191 e. The van der Waals surface area contributed by atoms with Gasteiger partial charge in [-0.2, -0.15) is 0 Å². The standard InChI is InChI=1S/C13H23N3O2/c1-11(2)16-13(15-8-10-17-3)14-7-6-12-5-4-9-18-12/h4-5,9,11H,6-8,10H2,1-3H3,(H2,14,15,16). The van der Waals surface area contributed by atoms with Gasteiger partial charge in [0.25, 0.3) is 0 Å². The molecule has 0 bridgehead atoms. The summed E-state index contributed by atoms with van der Waals surface area (Å²) in [4.78, 5) is 4.41. The molecule has 0 fully saturated rings. The van der Waals surface area contributed by atoms with Crippen LogP contribution in [0.3, 0.4) is 0 Å². The second-order valence-corrected chi connectivity index (χ2v) is 4.28. The van der Waals surface area contributed by atoms with E-state index in [9.17, 15) is 0 Å². The number of furan rings is 1. The van der Waals surface area contributed by atoms with Gasteiger partial charge in [-0.15, -0.1) is 0 Å². The van der Waals surface area contributed by atoms with E-state index in [4.69, 9.17) is 9.15 Å². The van der Waals surface area contributed by atoms with E-state index in [1.54, 1.807) is 13.4 Å². The van der Waals surface area contributed by atoms with E-state index < -0.39 is 0 Å². The molecule has 0 radical (unpaired) electrons. The number of hydrogen-bond acceptors (Lipinski definition) is 3. The molecule has 1 aromatic heterocycles. The summed E-state index contributed by atoms with van der Waals surface area (Å²) in [5.74, 6) is 1.79. The molecular formula is C13H23N3O2. The average Bonchev–Trinajstić information content (AvgIpc) is 2.81. The molecule has 102 valence electrons. The predicted molar refractivity (Wildman–Crippen MR) is 72.9 cm³/mol. The lowest BCUT2D eigenvalue weighted by Crippen LogP contribution is -2.42. The van der Waals surface area contributed by atoms with E-state index in [1.807, 2.05) is 12.1 Å². The number of nitrogens with zero attached hydrogens (tertiary/aromatic N) is 1. The Morgan fingerprint density at radius 1 is 1.50 bits per heavy atom.